The van der Waals surface area contributed by atoms with Gasteiger partial charge in [-0.25, -0.2) is 4.98 Å². The molecule has 19 heavy (non-hydrogen) atoms. The van der Waals surface area contributed by atoms with Gasteiger partial charge < -0.3 is 14.1 Å². The van der Waals surface area contributed by atoms with Gasteiger partial charge in [-0.2, -0.15) is 0 Å². The number of hydrogen-bond acceptors (Lipinski definition) is 4. The minimum atomic E-state index is 0.415. The van der Waals surface area contributed by atoms with Crippen LogP contribution in [0.3, 0.4) is 0 Å². The fourth-order valence-electron chi connectivity index (χ4n) is 2.75. The van der Waals surface area contributed by atoms with E-state index in [1.807, 2.05) is 24.3 Å². The molecular formula is C15H20N2O2. The molecule has 0 N–H and O–H groups in total. The SMILES string of the molecule is COCCN1CCCC(c2nc3ccccc3o2)C1. The number of piperidine rings is 1. The number of hydrogen-bond donors (Lipinski definition) is 0. The quantitative estimate of drug-likeness (QED) is 0.847. The Balaban J connectivity index is 1.73. The van der Waals surface area contributed by atoms with Crippen LogP contribution in [-0.2, 0) is 4.74 Å². The van der Waals surface area contributed by atoms with E-state index in [0.717, 1.165) is 49.7 Å². The Bertz CT molecular complexity index is 505. The molecule has 0 amide bonds. The van der Waals surface area contributed by atoms with Crippen LogP contribution in [0.2, 0.25) is 0 Å². The molecule has 0 saturated carbocycles. The van der Waals surface area contributed by atoms with Gasteiger partial charge in [0.25, 0.3) is 0 Å². The first-order valence-electron chi connectivity index (χ1n) is 6.93. The Labute approximate surface area is 113 Å². The average molecular weight is 260 g/mol. The summed E-state index contributed by atoms with van der Waals surface area (Å²) < 4.78 is 11.0. The van der Waals surface area contributed by atoms with Crippen molar-refractivity contribution in [1.82, 2.24) is 9.88 Å². The Morgan fingerprint density at radius 1 is 1.42 bits per heavy atom. The molecule has 2 heterocycles. The second-order valence-electron chi connectivity index (χ2n) is 5.15. The van der Waals surface area contributed by atoms with Crippen molar-refractivity contribution in [3.05, 3.63) is 30.2 Å². The van der Waals surface area contributed by atoms with Crippen molar-refractivity contribution in [2.45, 2.75) is 18.8 Å². The molecule has 1 aliphatic heterocycles. The highest BCUT2D eigenvalue weighted by molar-refractivity contribution is 5.72. The lowest BCUT2D eigenvalue weighted by molar-refractivity contribution is 0.124. The van der Waals surface area contributed by atoms with Crippen LogP contribution in [0.5, 0.6) is 0 Å². The van der Waals surface area contributed by atoms with Gasteiger partial charge in [0, 0.05) is 26.1 Å². The number of fused-ring (bicyclic) bond motifs is 1. The van der Waals surface area contributed by atoms with Crippen molar-refractivity contribution in [1.29, 1.82) is 0 Å². The fraction of sp³-hybridized carbons (Fsp3) is 0.533. The molecule has 4 nitrogen and oxygen atoms in total. The molecule has 1 aliphatic rings. The highest BCUT2D eigenvalue weighted by atomic mass is 16.5. The van der Waals surface area contributed by atoms with E-state index in [-0.39, 0.29) is 0 Å². The number of oxazole rings is 1. The summed E-state index contributed by atoms with van der Waals surface area (Å²) in [6.45, 7) is 3.96. The summed E-state index contributed by atoms with van der Waals surface area (Å²) in [7, 11) is 1.75. The normalized spacial score (nSPS) is 21.0. The number of nitrogens with zero attached hydrogens (tertiary/aromatic N) is 2. The van der Waals surface area contributed by atoms with Gasteiger partial charge in [0.15, 0.2) is 11.5 Å². The highest BCUT2D eigenvalue weighted by Crippen LogP contribution is 2.28. The van der Waals surface area contributed by atoms with Gasteiger partial charge in [-0.3, -0.25) is 0 Å². The maximum atomic E-state index is 5.89. The van der Waals surface area contributed by atoms with E-state index in [1.165, 1.54) is 6.42 Å². The minimum Gasteiger partial charge on any atom is -0.440 e. The average Bonchev–Trinajstić information content (AvgIpc) is 2.89. The molecular weight excluding hydrogens is 240 g/mol. The van der Waals surface area contributed by atoms with Crippen molar-refractivity contribution >= 4 is 11.1 Å². The van der Waals surface area contributed by atoms with Gasteiger partial charge in [-0.05, 0) is 31.5 Å². The van der Waals surface area contributed by atoms with Crippen LogP contribution in [0.15, 0.2) is 28.7 Å². The summed E-state index contributed by atoms with van der Waals surface area (Å²) in [5, 5.41) is 0. The lowest BCUT2D eigenvalue weighted by Gasteiger charge is -2.30. The molecule has 0 radical (unpaired) electrons. The van der Waals surface area contributed by atoms with Gasteiger partial charge >= 0.3 is 0 Å². The highest BCUT2D eigenvalue weighted by Gasteiger charge is 2.25. The Morgan fingerprint density at radius 3 is 3.16 bits per heavy atom. The van der Waals surface area contributed by atoms with Gasteiger partial charge in [0.05, 0.1) is 6.61 Å². The van der Waals surface area contributed by atoms with Crippen LogP contribution in [-0.4, -0.2) is 43.2 Å². The monoisotopic (exact) mass is 260 g/mol. The van der Waals surface area contributed by atoms with E-state index in [1.54, 1.807) is 7.11 Å². The summed E-state index contributed by atoms with van der Waals surface area (Å²) >= 11 is 0. The van der Waals surface area contributed by atoms with Crippen LogP contribution in [0.4, 0.5) is 0 Å². The first-order chi connectivity index (χ1) is 9.36. The minimum absolute atomic E-state index is 0.415. The lowest BCUT2D eigenvalue weighted by atomic mass is 9.98. The number of rotatable bonds is 4. The molecule has 1 atom stereocenters. The van der Waals surface area contributed by atoms with Gasteiger partial charge in [-0.15, -0.1) is 0 Å². The first-order valence-corrected chi connectivity index (χ1v) is 6.93. The predicted octanol–water partition coefficient (Wildman–Crippen LogP) is 2.65. The van der Waals surface area contributed by atoms with Gasteiger partial charge in [0.1, 0.15) is 5.52 Å². The number of ether oxygens (including phenoxy) is 1. The molecule has 1 aromatic carbocycles. The third kappa shape index (κ3) is 2.80. The van der Waals surface area contributed by atoms with E-state index < -0.39 is 0 Å². The van der Waals surface area contributed by atoms with Crippen LogP contribution >= 0.6 is 0 Å². The van der Waals surface area contributed by atoms with Crippen LogP contribution in [0, 0.1) is 0 Å². The Hall–Kier alpha value is -1.39. The molecule has 1 aromatic heterocycles. The lowest BCUT2D eigenvalue weighted by Crippen LogP contribution is -2.36. The molecule has 0 bridgehead atoms. The number of likely N-dealkylation sites (tertiary alicyclic amines) is 1. The molecule has 0 spiro atoms. The van der Waals surface area contributed by atoms with Crippen LogP contribution in [0.1, 0.15) is 24.7 Å². The van der Waals surface area contributed by atoms with Crippen molar-refractivity contribution in [2.24, 2.45) is 0 Å². The molecule has 1 saturated heterocycles. The first kappa shape index (κ1) is 12.6. The van der Waals surface area contributed by atoms with E-state index in [4.69, 9.17) is 9.15 Å². The number of methoxy groups -OCH3 is 1. The molecule has 3 rings (SSSR count). The third-order valence-electron chi connectivity index (χ3n) is 3.78. The second kappa shape index (κ2) is 5.72. The van der Waals surface area contributed by atoms with Gasteiger partial charge in [0.2, 0.25) is 0 Å². The number of aromatic nitrogens is 1. The summed E-state index contributed by atoms with van der Waals surface area (Å²) in [5.74, 6) is 1.31. The van der Waals surface area contributed by atoms with E-state index >= 15 is 0 Å². The summed E-state index contributed by atoms with van der Waals surface area (Å²) in [6, 6.07) is 7.98. The molecule has 1 unspecified atom stereocenters. The van der Waals surface area contributed by atoms with E-state index in [2.05, 4.69) is 9.88 Å². The Kier molecular flexibility index (Phi) is 3.80. The van der Waals surface area contributed by atoms with Crippen LogP contribution < -0.4 is 0 Å². The maximum Gasteiger partial charge on any atom is 0.199 e. The van der Waals surface area contributed by atoms with Crippen LogP contribution in [0.25, 0.3) is 11.1 Å². The van der Waals surface area contributed by atoms with E-state index in [9.17, 15) is 0 Å². The molecule has 0 aliphatic carbocycles. The van der Waals surface area contributed by atoms with Crippen molar-refractivity contribution in [3.8, 4) is 0 Å². The summed E-state index contributed by atoms with van der Waals surface area (Å²) in [4.78, 5) is 7.06. The second-order valence-corrected chi connectivity index (χ2v) is 5.15. The third-order valence-corrected chi connectivity index (χ3v) is 3.78. The predicted molar refractivity (Wildman–Crippen MR) is 74.3 cm³/mol. The summed E-state index contributed by atoms with van der Waals surface area (Å²) in [5.41, 5.74) is 1.86. The zero-order valence-corrected chi connectivity index (χ0v) is 11.3. The molecule has 102 valence electrons. The standard InChI is InChI=1S/C15H20N2O2/c1-18-10-9-17-8-4-5-12(11-17)15-16-13-6-2-3-7-14(13)19-15/h2-3,6-7,12H,4-5,8-11H2,1H3. The maximum absolute atomic E-state index is 5.89. The van der Waals surface area contributed by atoms with Crippen molar-refractivity contribution in [2.75, 3.05) is 33.4 Å². The molecule has 2 aromatic rings. The number of benzene rings is 1. The summed E-state index contributed by atoms with van der Waals surface area (Å²) in [6.07, 6.45) is 2.36. The van der Waals surface area contributed by atoms with Gasteiger partial charge in [-0.1, -0.05) is 12.1 Å². The zero-order valence-electron chi connectivity index (χ0n) is 11.3. The Morgan fingerprint density at radius 2 is 2.32 bits per heavy atom. The smallest absolute Gasteiger partial charge is 0.199 e. The van der Waals surface area contributed by atoms with E-state index in [0.29, 0.717) is 5.92 Å². The topological polar surface area (TPSA) is 38.5 Å². The zero-order chi connectivity index (χ0) is 13.1. The fourth-order valence-corrected chi connectivity index (χ4v) is 2.75. The van der Waals surface area contributed by atoms with Crippen molar-refractivity contribution < 1.29 is 9.15 Å². The molecule has 1 fully saturated rings. The largest absolute Gasteiger partial charge is 0.440 e. The number of para-hydroxylation sites is 2. The van der Waals surface area contributed by atoms with Crippen molar-refractivity contribution in [3.63, 3.8) is 0 Å². The molecule has 4 heteroatoms.